The van der Waals surface area contributed by atoms with Gasteiger partial charge < -0.3 is 10.4 Å². The Balaban J connectivity index is 3.21. The van der Waals surface area contributed by atoms with Crippen molar-refractivity contribution in [1.29, 1.82) is 0 Å². The van der Waals surface area contributed by atoms with E-state index in [1.165, 1.54) is 6.07 Å². The third kappa shape index (κ3) is 2.25. The van der Waals surface area contributed by atoms with E-state index in [0.29, 0.717) is 5.02 Å². The van der Waals surface area contributed by atoms with Crippen LogP contribution < -0.4 is 5.32 Å². The molecule has 4 heteroatoms. The van der Waals surface area contributed by atoms with Crippen LogP contribution in [-0.4, -0.2) is 18.1 Å². The van der Waals surface area contributed by atoms with Crippen LogP contribution in [0.4, 0.5) is 0 Å². The summed E-state index contributed by atoms with van der Waals surface area (Å²) in [4.78, 5) is 10.9. The predicted molar refractivity (Wildman–Crippen MR) is 55.9 cm³/mol. The van der Waals surface area contributed by atoms with Crippen molar-refractivity contribution in [3.63, 3.8) is 0 Å². The molecule has 1 aromatic carbocycles. The SMILES string of the molecule is CNC(C)c1ccc(Cl)cc1C(=O)O. The van der Waals surface area contributed by atoms with E-state index in [2.05, 4.69) is 5.32 Å². The van der Waals surface area contributed by atoms with E-state index in [-0.39, 0.29) is 11.6 Å². The monoisotopic (exact) mass is 213 g/mol. The Morgan fingerprint density at radius 2 is 2.21 bits per heavy atom. The summed E-state index contributed by atoms with van der Waals surface area (Å²) in [5, 5.41) is 12.4. The Kier molecular flexibility index (Phi) is 3.49. The number of hydrogen-bond acceptors (Lipinski definition) is 2. The van der Waals surface area contributed by atoms with Crippen molar-refractivity contribution in [2.45, 2.75) is 13.0 Å². The number of carbonyl (C=O) groups is 1. The lowest BCUT2D eigenvalue weighted by Crippen LogP contribution is -2.16. The van der Waals surface area contributed by atoms with Crippen molar-refractivity contribution in [3.8, 4) is 0 Å². The van der Waals surface area contributed by atoms with E-state index in [0.717, 1.165) is 5.56 Å². The molecule has 0 aliphatic heterocycles. The van der Waals surface area contributed by atoms with Gasteiger partial charge in [0.2, 0.25) is 0 Å². The molecule has 0 bridgehead atoms. The summed E-state index contributed by atoms with van der Waals surface area (Å²) in [5.74, 6) is -0.954. The molecule has 0 heterocycles. The lowest BCUT2D eigenvalue weighted by molar-refractivity contribution is 0.0695. The van der Waals surface area contributed by atoms with E-state index in [1.54, 1.807) is 19.2 Å². The van der Waals surface area contributed by atoms with Crippen LogP contribution in [0.15, 0.2) is 18.2 Å². The number of benzene rings is 1. The second-order valence-corrected chi connectivity index (χ2v) is 3.48. The van der Waals surface area contributed by atoms with Gasteiger partial charge in [-0.05, 0) is 31.7 Å². The Bertz CT molecular complexity index is 352. The molecule has 14 heavy (non-hydrogen) atoms. The molecule has 76 valence electrons. The zero-order valence-electron chi connectivity index (χ0n) is 8.04. The zero-order valence-corrected chi connectivity index (χ0v) is 8.80. The standard InChI is InChI=1S/C10H12ClNO2/c1-6(12-2)8-4-3-7(11)5-9(8)10(13)14/h3-6,12H,1-2H3,(H,13,14). The molecule has 0 saturated heterocycles. The highest BCUT2D eigenvalue weighted by atomic mass is 35.5. The van der Waals surface area contributed by atoms with Gasteiger partial charge in [-0.15, -0.1) is 0 Å². The first-order valence-corrected chi connectivity index (χ1v) is 4.64. The van der Waals surface area contributed by atoms with Crippen LogP contribution in [0.25, 0.3) is 0 Å². The second kappa shape index (κ2) is 4.44. The fraction of sp³-hybridized carbons (Fsp3) is 0.300. The third-order valence-corrected chi connectivity index (χ3v) is 2.38. The van der Waals surface area contributed by atoms with Crippen molar-refractivity contribution in [1.82, 2.24) is 5.32 Å². The fourth-order valence-corrected chi connectivity index (χ4v) is 1.42. The maximum absolute atomic E-state index is 10.9. The van der Waals surface area contributed by atoms with Gasteiger partial charge in [0.1, 0.15) is 0 Å². The number of aromatic carboxylic acids is 1. The zero-order chi connectivity index (χ0) is 10.7. The van der Waals surface area contributed by atoms with Gasteiger partial charge in [-0.3, -0.25) is 0 Å². The van der Waals surface area contributed by atoms with Crippen molar-refractivity contribution in [3.05, 3.63) is 34.3 Å². The minimum atomic E-state index is -0.954. The molecule has 0 aliphatic rings. The minimum Gasteiger partial charge on any atom is -0.478 e. The first kappa shape index (κ1) is 11.0. The molecule has 1 unspecified atom stereocenters. The largest absolute Gasteiger partial charge is 0.478 e. The van der Waals surface area contributed by atoms with Crippen LogP contribution in [0, 0.1) is 0 Å². The topological polar surface area (TPSA) is 49.3 Å². The van der Waals surface area contributed by atoms with E-state index in [9.17, 15) is 4.79 Å². The van der Waals surface area contributed by atoms with Gasteiger partial charge in [0, 0.05) is 11.1 Å². The average Bonchev–Trinajstić information content (AvgIpc) is 2.16. The molecular formula is C10H12ClNO2. The van der Waals surface area contributed by atoms with Crippen molar-refractivity contribution >= 4 is 17.6 Å². The molecule has 0 aliphatic carbocycles. The summed E-state index contributed by atoms with van der Waals surface area (Å²) in [6.07, 6.45) is 0. The summed E-state index contributed by atoms with van der Waals surface area (Å²) in [7, 11) is 1.78. The highest BCUT2D eigenvalue weighted by Crippen LogP contribution is 2.21. The van der Waals surface area contributed by atoms with Crippen LogP contribution >= 0.6 is 11.6 Å². The number of halogens is 1. The van der Waals surface area contributed by atoms with Gasteiger partial charge >= 0.3 is 5.97 Å². The molecule has 1 rings (SSSR count). The Morgan fingerprint density at radius 3 is 2.71 bits per heavy atom. The average molecular weight is 214 g/mol. The van der Waals surface area contributed by atoms with E-state index in [1.807, 2.05) is 6.92 Å². The van der Waals surface area contributed by atoms with Crippen LogP contribution in [0.2, 0.25) is 5.02 Å². The van der Waals surface area contributed by atoms with Gasteiger partial charge in [0.25, 0.3) is 0 Å². The first-order chi connectivity index (χ1) is 6.56. The molecule has 0 radical (unpaired) electrons. The van der Waals surface area contributed by atoms with Crippen molar-refractivity contribution < 1.29 is 9.90 Å². The number of hydrogen-bond donors (Lipinski definition) is 2. The van der Waals surface area contributed by atoms with Gasteiger partial charge in [-0.2, -0.15) is 0 Å². The van der Waals surface area contributed by atoms with Gasteiger partial charge in [-0.25, -0.2) is 4.79 Å². The molecule has 0 aromatic heterocycles. The number of nitrogens with one attached hydrogen (secondary N) is 1. The highest BCUT2D eigenvalue weighted by molar-refractivity contribution is 6.30. The molecule has 0 amide bonds. The minimum absolute atomic E-state index is 0.00151. The third-order valence-electron chi connectivity index (χ3n) is 2.15. The molecule has 0 fully saturated rings. The molecule has 0 spiro atoms. The summed E-state index contributed by atoms with van der Waals surface area (Å²) in [6.45, 7) is 1.90. The summed E-state index contributed by atoms with van der Waals surface area (Å²) in [5.41, 5.74) is 0.990. The Labute approximate surface area is 87.7 Å². The quantitative estimate of drug-likeness (QED) is 0.810. The number of carboxylic acids is 1. The van der Waals surface area contributed by atoms with E-state index >= 15 is 0 Å². The lowest BCUT2D eigenvalue weighted by Gasteiger charge is -2.13. The molecule has 1 aromatic rings. The van der Waals surface area contributed by atoms with Gasteiger partial charge in [0.05, 0.1) is 5.56 Å². The Hall–Kier alpha value is -1.06. The van der Waals surface area contributed by atoms with Crippen molar-refractivity contribution in [2.75, 3.05) is 7.05 Å². The molecule has 1 atom stereocenters. The highest BCUT2D eigenvalue weighted by Gasteiger charge is 2.14. The van der Waals surface area contributed by atoms with Crippen LogP contribution in [0.1, 0.15) is 28.9 Å². The normalized spacial score (nSPS) is 12.5. The van der Waals surface area contributed by atoms with Gasteiger partial charge in [0.15, 0.2) is 0 Å². The smallest absolute Gasteiger partial charge is 0.336 e. The number of rotatable bonds is 3. The summed E-state index contributed by atoms with van der Waals surface area (Å²) in [6, 6.07) is 4.88. The van der Waals surface area contributed by atoms with Crippen LogP contribution in [0.3, 0.4) is 0 Å². The lowest BCUT2D eigenvalue weighted by atomic mass is 10.0. The maximum Gasteiger partial charge on any atom is 0.336 e. The molecule has 3 nitrogen and oxygen atoms in total. The molecule has 0 saturated carbocycles. The summed E-state index contributed by atoms with van der Waals surface area (Å²) < 4.78 is 0. The molecule has 2 N–H and O–H groups in total. The Morgan fingerprint density at radius 1 is 1.57 bits per heavy atom. The molecular weight excluding hydrogens is 202 g/mol. The van der Waals surface area contributed by atoms with E-state index < -0.39 is 5.97 Å². The fourth-order valence-electron chi connectivity index (χ4n) is 1.25. The second-order valence-electron chi connectivity index (χ2n) is 3.05. The number of carboxylic acid groups (broad SMARTS) is 1. The maximum atomic E-state index is 10.9. The van der Waals surface area contributed by atoms with Gasteiger partial charge in [-0.1, -0.05) is 17.7 Å². The summed E-state index contributed by atoms with van der Waals surface area (Å²) >= 11 is 5.73. The van der Waals surface area contributed by atoms with Crippen LogP contribution in [-0.2, 0) is 0 Å². The van der Waals surface area contributed by atoms with Crippen LogP contribution in [0.5, 0.6) is 0 Å². The van der Waals surface area contributed by atoms with Crippen molar-refractivity contribution in [2.24, 2.45) is 0 Å². The first-order valence-electron chi connectivity index (χ1n) is 4.26. The predicted octanol–water partition coefficient (Wildman–Crippen LogP) is 2.32. The van der Waals surface area contributed by atoms with E-state index in [4.69, 9.17) is 16.7 Å².